The quantitative estimate of drug-likeness (QED) is 0.0964. The van der Waals surface area contributed by atoms with Gasteiger partial charge in [-0.3, -0.25) is 0 Å². The second-order valence-electron chi connectivity index (χ2n) is 21.6. The van der Waals surface area contributed by atoms with Gasteiger partial charge in [0.05, 0.1) is 44.2 Å². The van der Waals surface area contributed by atoms with Crippen molar-refractivity contribution < 1.29 is 94.4 Å². The lowest BCUT2D eigenvalue weighted by molar-refractivity contribution is -0.374. The summed E-state index contributed by atoms with van der Waals surface area (Å²) in [4.78, 5) is 0. The molecule has 4 aliphatic carbocycles. The second kappa shape index (κ2) is 18.9. The zero-order valence-electron chi connectivity index (χ0n) is 37.6. The van der Waals surface area contributed by atoms with Crippen LogP contribution in [-0.2, 0) is 33.2 Å². The molecule has 8 fully saturated rings. The maximum atomic E-state index is 12.1. The molecule has 19 heteroatoms. The van der Waals surface area contributed by atoms with E-state index in [2.05, 4.69) is 20.8 Å². The van der Waals surface area contributed by atoms with Crippen molar-refractivity contribution in [1.82, 2.24) is 0 Å². The van der Waals surface area contributed by atoms with Crippen molar-refractivity contribution in [2.45, 2.75) is 209 Å². The number of hydrogen-bond acceptors (Lipinski definition) is 19. The van der Waals surface area contributed by atoms with Crippen molar-refractivity contribution in [3.05, 3.63) is 0 Å². The van der Waals surface area contributed by atoms with E-state index in [0.717, 1.165) is 32.1 Å². The van der Waals surface area contributed by atoms with Gasteiger partial charge in [-0.1, -0.05) is 27.7 Å². The Morgan fingerprint density at radius 3 is 2.00 bits per heavy atom. The van der Waals surface area contributed by atoms with Gasteiger partial charge in [-0.2, -0.15) is 0 Å². The summed E-state index contributed by atoms with van der Waals surface area (Å²) in [5, 5.41) is 127. The van der Waals surface area contributed by atoms with E-state index in [0.29, 0.717) is 43.4 Å². The molecule has 0 aromatic rings. The SMILES string of the molecule is C[C@@H](CC[C@]1(O)O[C@@H]2C[C@@H]3[C@H]4CC[C@H]5C[C@@H](O[C@@H]6O[C@H](CO)[C@@H](O)[C@H](O)[C@H]6O[C@H]6O[C@@H](C)[C@H](O)[C@@H](O)[C@H]6O)[C@@H](O)C[C@]5(C)[C@@H]4CC[C@]3(C)[C@@H]2[C@H]1C)CO[C@@H]1O[C@H](CO)[C@@H](O)[C@H](O)[C@H]1O. The summed E-state index contributed by atoms with van der Waals surface area (Å²) in [7, 11) is 0. The molecule has 4 aliphatic heterocycles. The van der Waals surface area contributed by atoms with E-state index in [1.54, 1.807) is 0 Å². The summed E-state index contributed by atoms with van der Waals surface area (Å²) < 4.78 is 41.9. The molecule has 0 amide bonds. The third kappa shape index (κ3) is 8.55. The van der Waals surface area contributed by atoms with Crippen molar-refractivity contribution in [2.75, 3.05) is 19.8 Å². The van der Waals surface area contributed by atoms with Crippen molar-refractivity contribution in [2.24, 2.45) is 52.3 Å². The minimum atomic E-state index is -1.70. The molecule has 0 spiro atoms. The van der Waals surface area contributed by atoms with Crippen LogP contribution in [0.4, 0.5) is 0 Å². The van der Waals surface area contributed by atoms with Crippen LogP contribution in [0.1, 0.15) is 92.4 Å². The lowest BCUT2D eigenvalue weighted by Gasteiger charge is -2.62. The number of hydrogen-bond donors (Lipinski definition) is 12. The predicted molar refractivity (Wildman–Crippen MR) is 219 cm³/mol. The third-order valence-electron chi connectivity index (χ3n) is 18.0. The first kappa shape index (κ1) is 49.7. The number of aliphatic hydroxyl groups excluding tert-OH is 11. The lowest BCUT2D eigenvalue weighted by Crippen LogP contribution is -2.65. The standard InChI is InChI=1S/C45H76O19/c1-18(17-58-40-37(55)35(53)32(50)28(15-46)61-40)8-11-45(57)19(2)30-27(64-45)13-24-22-7-6-21-12-26(25(48)14-44(21,5)23(22)9-10-43(24,30)4)60-42-39(36(54)33(51)29(16-47)62-42)63-41-38(56)34(52)31(49)20(3)59-41/h18-42,46-57H,6-17H2,1-5H3/t18-,19+,20-,21-,22-,23+,24+,25-,26+,27+,28+,29+,30+,31-,32+,33+,34+,35-,36-,37+,38+,39+,40+,41+,42+,43-,44-,45-/m0/s1. The zero-order valence-corrected chi connectivity index (χ0v) is 37.6. The smallest absolute Gasteiger partial charge is 0.187 e. The topological polar surface area (TPSA) is 307 Å². The minimum Gasteiger partial charge on any atom is -0.394 e. The van der Waals surface area contributed by atoms with Gasteiger partial charge < -0.3 is 94.4 Å². The first-order chi connectivity index (χ1) is 30.2. The van der Waals surface area contributed by atoms with Crippen LogP contribution in [0.15, 0.2) is 0 Å². The van der Waals surface area contributed by atoms with Crippen LogP contribution in [0.2, 0.25) is 0 Å². The molecule has 0 aromatic carbocycles. The van der Waals surface area contributed by atoms with E-state index in [-0.39, 0.29) is 47.2 Å². The van der Waals surface area contributed by atoms with Crippen LogP contribution in [-0.4, -0.2) is 197 Å². The van der Waals surface area contributed by atoms with E-state index in [1.165, 1.54) is 6.92 Å². The number of fused-ring (bicyclic) bond motifs is 7. The number of ether oxygens (including phenoxy) is 7. The largest absolute Gasteiger partial charge is 0.394 e. The Kier molecular flexibility index (Phi) is 14.6. The molecule has 4 heterocycles. The van der Waals surface area contributed by atoms with Crippen LogP contribution < -0.4 is 0 Å². The summed E-state index contributed by atoms with van der Waals surface area (Å²) in [6, 6.07) is 0. The summed E-state index contributed by atoms with van der Waals surface area (Å²) >= 11 is 0. The number of rotatable bonds is 12. The van der Waals surface area contributed by atoms with Gasteiger partial charge in [0.25, 0.3) is 0 Å². The van der Waals surface area contributed by atoms with E-state index < -0.39 is 123 Å². The van der Waals surface area contributed by atoms with Crippen molar-refractivity contribution in [3.8, 4) is 0 Å². The predicted octanol–water partition coefficient (Wildman–Crippen LogP) is -1.78. The van der Waals surface area contributed by atoms with Gasteiger partial charge in [-0.25, -0.2) is 0 Å². The molecule has 8 rings (SSSR count). The number of aliphatic hydroxyl groups is 12. The van der Waals surface area contributed by atoms with Crippen LogP contribution in [0.5, 0.6) is 0 Å². The first-order valence-electron chi connectivity index (χ1n) is 23.8. The van der Waals surface area contributed by atoms with Crippen LogP contribution in [0.3, 0.4) is 0 Å². The highest BCUT2D eigenvalue weighted by Crippen LogP contribution is 2.71. The molecular formula is C45H76O19. The molecule has 12 N–H and O–H groups in total. The fourth-order valence-corrected chi connectivity index (χ4v) is 14.1. The Morgan fingerprint density at radius 1 is 0.672 bits per heavy atom. The molecule has 4 saturated heterocycles. The van der Waals surface area contributed by atoms with Crippen molar-refractivity contribution in [3.63, 3.8) is 0 Å². The van der Waals surface area contributed by atoms with Gasteiger partial charge in [0, 0.05) is 12.3 Å². The highest BCUT2D eigenvalue weighted by molar-refractivity contribution is 5.15. The zero-order chi connectivity index (χ0) is 46.4. The van der Waals surface area contributed by atoms with E-state index >= 15 is 0 Å². The highest BCUT2D eigenvalue weighted by atomic mass is 16.8. The fourth-order valence-electron chi connectivity index (χ4n) is 14.1. The summed E-state index contributed by atoms with van der Waals surface area (Å²) in [6.45, 7) is 9.19. The monoisotopic (exact) mass is 920 g/mol. The van der Waals surface area contributed by atoms with Crippen LogP contribution in [0.25, 0.3) is 0 Å². The van der Waals surface area contributed by atoms with Gasteiger partial charge >= 0.3 is 0 Å². The molecule has 64 heavy (non-hydrogen) atoms. The summed E-state index contributed by atoms with van der Waals surface area (Å²) in [5.41, 5.74) is -0.263. The molecule has 19 nitrogen and oxygen atoms in total. The Bertz CT molecular complexity index is 1580. The first-order valence-corrected chi connectivity index (χ1v) is 23.8. The average molecular weight is 921 g/mol. The van der Waals surface area contributed by atoms with Crippen molar-refractivity contribution in [1.29, 1.82) is 0 Å². The molecule has 0 bridgehead atoms. The maximum absolute atomic E-state index is 12.1. The maximum Gasteiger partial charge on any atom is 0.187 e. The second-order valence-corrected chi connectivity index (χ2v) is 21.6. The molecule has 370 valence electrons. The normalized spacial score (nSPS) is 56.8. The van der Waals surface area contributed by atoms with Gasteiger partial charge in [-0.05, 0) is 105 Å². The van der Waals surface area contributed by atoms with Crippen LogP contribution in [0, 0.1) is 52.3 Å². The van der Waals surface area contributed by atoms with Gasteiger partial charge in [0.15, 0.2) is 24.7 Å². The molecule has 0 radical (unpaired) electrons. The molecule has 8 aliphatic rings. The molecule has 0 aromatic heterocycles. The fraction of sp³-hybridized carbons (Fsp3) is 1.00. The van der Waals surface area contributed by atoms with Gasteiger partial charge in [0.2, 0.25) is 0 Å². The molecule has 0 unspecified atom stereocenters. The Labute approximate surface area is 374 Å². The average Bonchev–Trinajstić information content (AvgIpc) is 3.70. The van der Waals surface area contributed by atoms with E-state index in [9.17, 15) is 61.3 Å². The summed E-state index contributed by atoms with van der Waals surface area (Å²) in [6.07, 6.45) is -16.4. The van der Waals surface area contributed by atoms with Crippen molar-refractivity contribution >= 4 is 0 Å². The van der Waals surface area contributed by atoms with Gasteiger partial charge in [-0.15, -0.1) is 0 Å². The third-order valence-corrected chi connectivity index (χ3v) is 18.0. The Morgan fingerprint density at radius 2 is 1.31 bits per heavy atom. The van der Waals surface area contributed by atoms with E-state index in [4.69, 9.17) is 33.2 Å². The van der Waals surface area contributed by atoms with Gasteiger partial charge in [0.1, 0.15) is 67.1 Å². The van der Waals surface area contributed by atoms with Crippen LogP contribution >= 0.6 is 0 Å². The Balaban J connectivity index is 0.883. The summed E-state index contributed by atoms with van der Waals surface area (Å²) in [5.74, 6) is -0.0681. The lowest BCUT2D eigenvalue weighted by atomic mass is 9.44. The highest BCUT2D eigenvalue weighted by Gasteiger charge is 2.69. The molecule has 28 atom stereocenters. The molecule has 4 saturated carbocycles. The van der Waals surface area contributed by atoms with E-state index in [1.807, 2.05) is 6.92 Å². The minimum absolute atomic E-state index is 0.0563. The molecular weight excluding hydrogens is 844 g/mol. The Hall–Kier alpha value is -0.760.